The minimum absolute atomic E-state index is 0.0156. The molecule has 0 rings (SSSR count). The normalized spacial score (nSPS) is 14.3. The Hall–Kier alpha value is -0.500. The van der Waals surface area contributed by atoms with Gasteiger partial charge in [-0.25, -0.2) is 0 Å². The minimum Gasteiger partial charge on any atom is -0.756 e. The molecule has 0 saturated carbocycles. The van der Waals surface area contributed by atoms with E-state index in [9.17, 15) is 19.4 Å². The van der Waals surface area contributed by atoms with Crippen molar-refractivity contribution < 1.29 is 32.9 Å². The van der Waals surface area contributed by atoms with Crippen LogP contribution in [-0.2, 0) is 18.4 Å². The first-order valence-electron chi connectivity index (χ1n) is 23.4. The van der Waals surface area contributed by atoms with Crippen molar-refractivity contribution in [2.45, 2.75) is 244 Å². The molecule has 0 aromatic heterocycles. The zero-order valence-corrected chi connectivity index (χ0v) is 37.6. The molecule has 1 amide bonds. The number of amides is 1. The van der Waals surface area contributed by atoms with Crippen LogP contribution in [0.15, 0.2) is 0 Å². The average molecular weight is 789 g/mol. The molecule has 3 atom stereocenters. The first-order chi connectivity index (χ1) is 26.0. The maximum absolute atomic E-state index is 12.8. The molecule has 0 saturated heterocycles. The number of hydrogen-bond donors (Lipinski definition) is 2. The van der Waals surface area contributed by atoms with Crippen LogP contribution in [-0.4, -0.2) is 68.5 Å². The van der Waals surface area contributed by atoms with Gasteiger partial charge in [0.05, 0.1) is 39.9 Å². The maximum atomic E-state index is 12.8. The highest BCUT2D eigenvalue weighted by Crippen LogP contribution is 2.38. The van der Waals surface area contributed by atoms with Crippen molar-refractivity contribution in [3.63, 3.8) is 0 Å². The molecular formula is C45H93N2O6P. The number of phosphoric acid groups is 1. The predicted octanol–water partition coefficient (Wildman–Crippen LogP) is 12.3. The van der Waals surface area contributed by atoms with E-state index in [1.54, 1.807) is 0 Å². The number of likely N-dealkylation sites (N-methyl/N-ethyl adjacent to an activating group) is 1. The molecule has 0 aromatic rings. The molecular weight excluding hydrogens is 695 g/mol. The third kappa shape index (κ3) is 39.7. The van der Waals surface area contributed by atoms with Crippen molar-refractivity contribution in [1.82, 2.24) is 5.32 Å². The van der Waals surface area contributed by atoms with Crippen LogP contribution in [0.25, 0.3) is 0 Å². The fraction of sp³-hybridized carbons (Fsp3) is 0.978. The quantitative estimate of drug-likeness (QED) is 0.0362. The van der Waals surface area contributed by atoms with Gasteiger partial charge in [-0.05, 0) is 12.8 Å². The van der Waals surface area contributed by atoms with E-state index >= 15 is 0 Å². The Morgan fingerprint density at radius 1 is 0.574 bits per heavy atom. The molecule has 0 spiro atoms. The van der Waals surface area contributed by atoms with E-state index in [0.717, 1.165) is 38.5 Å². The van der Waals surface area contributed by atoms with Crippen LogP contribution in [0.4, 0.5) is 0 Å². The number of unbranched alkanes of at least 4 members (excludes halogenated alkanes) is 30. The Balaban J connectivity index is 4.04. The van der Waals surface area contributed by atoms with E-state index in [2.05, 4.69) is 19.2 Å². The second kappa shape index (κ2) is 38.0. The number of nitrogens with one attached hydrogen (secondary N) is 1. The fourth-order valence-electron chi connectivity index (χ4n) is 7.10. The number of rotatable bonds is 43. The monoisotopic (exact) mass is 789 g/mol. The number of carbonyl (C=O) groups is 1. The molecule has 0 aliphatic rings. The van der Waals surface area contributed by atoms with Crippen LogP contribution >= 0.6 is 7.82 Å². The number of aliphatic hydroxyl groups excluding tert-OH is 1. The van der Waals surface area contributed by atoms with Crippen molar-refractivity contribution in [3.05, 3.63) is 0 Å². The number of phosphoric ester groups is 1. The van der Waals surface area contributed by atoms with Gasteiger partial charge < -0.3 is 28.8 Å². The second-order valence-corrected chi connectivity index (χ2v) is 18.9. The number of hydrogen-bond acceptors (Lipinski definition) is 6. The Morgan fingerprint density at radius 3 is 1.26 bits per heavy atom. The van der Waals surface area contributed by atoms with Gasteiger partial charge in [0.15, 0.2) is 0 Å². The van der Waals surface area contributed by atoms with Crippen molar-refractivity contribution >= 4 is 13.7 Å². The van der Waals surface area contributed by atoms with Gasteiger partial charge in [-0.1, -0.05) is 213 Å². The number of carbonyl (C=O) groups excluding carboxylic acids is 1. The summed E-state index contributed by atoms with van der Waals surface area (Å²) in [6, 6.07) is -0.791. The zero-order chi connectivity index (χ0) is 40.0. The van der Waals surface area contributed by atoms with Crippen LogP contribution in [0.2, 0.25) is 0 Å². The fourth-order valence-corrected chi connectivity index (χ4v) is 7.82. The SMILES string of the molecule is CCCCCCCCCCCCCCCCCCCCCCCCCCC(=O)NC(COP(=O)([O-])OCC[N+](C)(C)C)C(O)CCCCCCCCCC. The largest absolute Gasteiger partial charge is 0.756 e. The zero-order valence-electron chi connectivity index (χ0n) is 36.7. The van der Waals surface area contributed by atoms with Gasteiger partial charge in [-0.15, -0.1) is 0 Å². The summed E-state index contributed by atoms with van der Waals surface area (Å²) in [5, 5.41) is 13.8. The van der Waals surface area contributed by atoms with Crippen LogP contribution in [0, 0.1) is 0 Å². The highest BCUT2D eigenvalue weighted by Gasteiger charge is 2.24. The lowest BCUT2D eigenvalue weighted by atomic mass is 10.0. The first-order valence-corrected chi connectivity index (χ1v) is 24.8. The van der Waals surface area contributed by atoms with E-state index in [1.165, 1.54) is 167 Å². The summed E-state index contributed by atoms with van der Waals surface area (Å²) in [5.41, 5.74) is 0. The van der Waals surface area contributed by atoms with Crippen LogP contribution in [0.3, 0.4) is 0 Å². The molecule has 0 bridgehead atoms. The molecule has 0 heterocycles. The summed E-state index contributed by atoms with van der Waals surface area (Å²) in [4.78, 5) is 25.2. The standard InChI is InChI=1S/C45H93N2O6P/c1-6-8-10-12-14-16-17-18-19-20-21-22-23-24-25-26-27-28-29-30-31-33-35-37-39-45(49)46-43(42-53-54(50,51)52-41-40-47(3,4)5)44(48)38-36-34-32-15-13-11-9-7-2/h43-44,48H,6-42H2,1-5H3,(H-,46,49,50,51). The highest BCUT2D eigenvalue weighted by atomic mass is 31.2. The van der Waals surface area contributed by atoms with Crippen molar-refractivity contribution in [3.8, 4) is 0 Å². The molecule has 0 aliphatic carbocycles. The van der Waals surface area contributed by atoms with Gasteiger partial charge in [0.1, 0.15) is 13.2 Å². The summed E-state index contributed by atoms with van der Waals surface area (Å²) >= 11 is 0. The van der Waals surface area contributed by atoms with Crippen LogP contribution < -0.4 is 10.2 Å². The second-order valence-electron chi connectivity index (χ2n) is 17.5. The Bertz CT molecular complexity index is 855. The molecule has 9 heteroatoms. The first kappa shape index (κ1) is 53.5. The topological polar surface area (TPSA) is 108 Å². The number of quaternary nitrogens is 1. The van der Waals surface area contributed by atoms with E-state index < -0.39 is 20.0 Å². The maximum Gasteiger partial charge on any atom is 0.268 e. The lowest BCUT2D eigenvalue weighted by Gasteiger charge is -2.30. The van der Waals surface area contributed by atoms with E-state index in [0.29, 0.717) is 23.9 Å². The molecule has 0 radical (unpaired) electrons. The minimum atomic E-state index is -4.55. The summed E-state index contributed by atoms with van der Waals surface area (Å²) in [6.45, 7) is 4.71. The molecule has 0 fully saturated rings. The van der Waals surface area contributed by atoms with Gasteiger partial charge in [-0.3, -0.25) is 9.36 Å². The summed E-state index contributed by atoms with van der Waals surface area (Å²) < 4.78 is 23.2. The molecule has 8 nitrogen and oxygen atoms in total. The molecule has 0 aliphatic heterocycles. The van der Waals surface area contributed by atoms with Crippen LogP contribution in [0.5, 0.6) is 0 Å². The average Bonchev–Trinajstić information content (AvgIpc) is 3.12. The number of nitrogens with zero attached hydrogens (tertiary/aromatic N) is 1. The van der Waals surface area contributed by atoms with Crippen molar-refractivity contribution in [2.75, 3.05) is 40.9 Å². The number of aliphatic hydroxyl groups is 1. The molecule has 324 valence electrons. The summed E-state index contributed by atoms with van der Waals surface area (Å²) in [5.74, 6) is -0.163. The Morgan fingerprint density at radius 2 is 0.907 bits per heavy atom. The smallest absolute Gasteiger partial charge is 0.268 e. The molecule has 54 heavy (non-hydrogen) atoms. The third-order valence-corrected chi connectivity index (χ3v) is 11.8. The van der Waals surface area contributed by atoms with Crippen molar-refractivity contribution in [2.24, 2.45) is 0 Å². The molecule has 0 aromatic carbocycles. The highest BCUT2D eigenvalue weighted by molar-refractivity contribution is 7.45. The lowest BCUT2D eigenvalue weighted by molar-refractivity contribution is -0.870. The van der Waals surface area contributed by atoms with Gasteiger partial charge in [-0.2, -0.15) is 0 Å². The Kier molecular flexibility index (Phi) is 37.7. The van der Waals surface area contributed by atoms with Crippen molar-refractivity contribution in [1.29, 1.82) is 0 Å². The molecule has 2 N–H and O–H groups in total. The van der Waals surface area contributed by atoms with E-state index in [1.807, 2.05) is 21.1 Å². The third-order valence-electron chi connectivity index (χ3n) is 10.8. The van der Waals surface area contributed by atoms with Crippen LogP contribution in [0.1, 0.15) is 232 Å². The summed E-state index contributed by atoms with van der Waals surface area (Å²) in [6.07, 6.45) is 41.3. The van der Waals surface area contributed by atoms with Gasteiger partial charge in [0.2, 0.25) is 5.91 Å². The predicted molar refractivity (Wildman–Crippen MR) is 229 cm³/mol. The lowest BCUT2D eigenvalue weighted by Crippen LogP contribution is -2.46. The Labute approximate surface area is 336 Å². The molecule has 3 unspecified atom stereocenters. The van der Waals surface area contributed by atoms with E-state index in [4.69, 9.17) is 9.05 Å². The summed E-state index contributed by atoms with van der Waals surface area (Å²) in [7, 11) is 1.31. The van der Waals surface area contributed by atoms with E-state index in [-0.39, 0.29) is 19.1 Å². The van der Waals surface area contributed by atoms with Gasteiger partial charge in [0.25, 0.3) is 7.82 Å². The van der Waals surface area contributed by atoms with Gasteiger partial charge in [0, 0.05) is 6.42 Å². The van der Waals surface area contributed by atoms with Gasteiger partial charge >= 0.3 is 0 Å².